The van der Waals surface area contributed by atoms with E-state index in [2.05, 4.69) is 53.8 Å². The molecule has 3 heteroatoms. The van der Waals surface area contributed by atoms with Crippen LogP contribution in [0, 0.1) is 0 Å². The lowest BCUT2D eigenvalue weighted by Crippen LogP contribution is -2.26. The van der Waals surface area contributed by atoms with Crippen LogP contribution in [0.2, 0.25) is 0 Å². The fraction of sp³-hybridized carbons (Fsp3) is 0.208. The number of carbonyl (C=O) groups is 1. The molecule has 0 aliphatic carbocycles. The van der Waals surface area contributed by atoms with Gasteiger partial charge in [0.2, 0.25) is 0 Å². The van der Waals surface area contributed by atoms with Crippen molar-refractivity contribution in [2.45, 2.75) is 12.3 Å². The largest absolute Gasteiger partial charge is 0.378 e. The molecule has 0 atom stereocenters. The van der Waals surface area contributed by atoms with E-state index in [9.17, 15) is 4.79 Å². The molecule has 0 aliphatic heterocycles. The predicted octanol–water partition coefficient (Wildman–Crippen LogP) is 4.70. The quantitative estimate of drug-likeness (QED) is 0.664. The number of nitrogens with zero attached hydrogens (tertiary/aromatic N) is 1. The van der Waals surface area contributed by atoms with Crippen LogP contribution in [-0.2, 0) is 0 Å². The molecule has 0 unspecified atom stereocenters. The summed E-state index contributed by atoms with van der Waals surface area (Å²) in [6.07, 6.45) is 0.854. The van der Waals surface area contributed by atoms with Crippen LogP contribution < -0.4 is 10.2 Å². The third-order valence-corrected chi connectivity index (χ3v) is 4.75. The number of carbonyl (C=O) groups excluding carboxylic acids is 1. The van der Waals surface area contributed by atoms with E-state index >= 15 is 0 Å². The monoisotopic (exact) mass is 358 g/mol. The highest BCUT2D eigenvalue weighted by atomic mass is 16.1. The Morgan fingerprint density at radius 3 is 2.00 bits per heavy atom. The van der Waals surface area contributed by atoms with Gasteiger partial charge in [0.1, 0.15) is 0 Å². The molecule has 0 saturated carbocycles. The summed E-state index contributed by atoms with van der Waals surface area (Å²) in [5.41, 5.74) is 4.26. The van der Waals surface area contributed by atoms with E-state index in [1.807, 2.05) is 55.4 Å². The number of nitrogens with one attached hydrogen (secondary N) is 1. The lowest BCUT2D eigenvalue weighted by atomic mass is 9.88. The van der Waals surface area contributed by atoms with Gasteiger partial charge in [0.25, 0.3) is 5.91 Å². The summed E-state index contributed by atoms with van der Waals surface area (Å²) in [4.78, 5) is 14.5. The highest BCUT2D eigenvalue weighted by molar-refractivity contribution is 5.95. The van der Waals surface area contributed by atoms with Crippen molar-refractivity contribution < 1.29 is 4.79 Å². The Hall–Kier alpha value is -3.07. The van der Waals surface area contributed by atoms with Gasteiger partial charge < -0.3 is 10.2 Å². The van der Waals surface area contributed by atoms with Crippen LogP contribution in [0.25, 0.3) is 0 Å². The summed E-state index contributed by atoms with van der Waals surface area (Å²) >= 11 is 0. The van der Waals surface area contributed by atoms with Gasteiger partial charge in [-0.1, -0.05) is 66.7 Å². The predicted molar refractivity (Wildman–Crippen MR) is 112 cm³/mol. The molecule has 0 fully saturated rings. The van der Waals surface area contributed by atoms with Crippen LogP contribution in [0.1, 0.15) is 33.8 Å². The van der Waals surface area contributed by atoms with E-state index in [0.29, 0.717) is 12.1 Å². The molecule has 3 rings (SSSR count). The molecule has 3 aromatic rings. The number of benzene rings is 3. The van der Waals surface area contributed by atoms with Crippen LogP contribution >= 0.6 is 0 Å². The van der Waals surface area contributed by atoms with Crippen molar-refractivity contribution in [1.29, 1.82) is 0 Å². The van der Waals surface area contributed by atoms with Gasteiger partial charge >= 0.3 is 0 Å². The summed E-state index contributed by atoms with van der Waals surface area (Å²) in [7, 11) is 3.95. The first-order valence-corrected chi connectivity index (χ1v) is 9.30. The van der Waals surface area contributed by atoms with Gasteiger partial charge in [-0.25, -0.2) is 0 Å². The highest BCUT2D eigenvalue weighted by Gasteiger charge is 2.14. The SMILES string of the molecule is CN(C)c1cccc(C(=O)NCCC(c2ccccc2)c2ccccc2)c1. The molecule has 0 radical (unpaired) electrons. The van der Waals surface area contributed by atoms with Crippen LogP contribution in [0.15, 0.2) is 84.9 Å². The summed E-state index contributed by atoms with van der Waals surface area (Å²) in [5, 5.41) is 3.08. The number of anilines is 1. The maximum atomic E-state index is 12.5. The molecule has 3 nitrogen and oxygen atoms in total. The summed E-state index contributed by atoms with van der Waals surface area (Å²) in [6.45, 7) is 0.624. The zero-order chi connectivity index (χ0) is 19.1. The van der Waals surface area contributed by atoms with Crippen LogP contribution in [0.4, 0.5) is 5.69 Å². The van der Waals surface area contributed by atoms with Crippen molar-refractivity contribution in [2.75, 3.05) is 25.5 Å². The average Bonchev–Trinajstić information content (AvgIpc) is 2.72. The van der Waals surface area contributed by atoms with Crippen LogP contribution in [-0.4, -0.2) is 26.5 Å². The smallest absolute Gasteiger partial charge is 0.251 e. The van der Waals surface area contributed by atoms with Crippen molar-refractivity contribution in [2.24, 2.45) is 0 Å². The first-order valence-electron chi connectivity index (χ1n) is 9.30. The van der Waals surface area contributed by atoms with E-state index in [-0.39, 0.29) is 11.8 Å². The van der Waals surface area contributed by atoms with E-state index in [0.717, 1.165) is 12.1 Å². The number of rotatable bonds is 7. The molecule has 0 aliphatic rings. The number of hydrogen-bond donors (Lipinski definition) is 1. The molecule has 0 saturated heterocycles. The highest BCUT2D eigenvalue weighted by Crippen LogP contribution is 2.27. The second-order valence-electron chi connectivity index (χ2n) is 6.86. The zero-order valence-corrected chi connectivity index (χ0v) is 15.9. The van der Waals surface area contributed by atoms with Gasteiger partial charge in [-0.05, 0) is 35.7 Å². The lowest BCUT2D eigenvalue weighted by molar-refractivity contribution is 0.0953. The van der Waals surface area contributed by atoms with Crippen molar-refractivity contribution in [1.82, 2.24) is 5.32 Å². The Labute approximate surface area is 161 Å². The fourth-order valence-electron chi connectivity index (χ4n) is 3.25. The Morgan fingerprint density at radius 1 is 0.852 bits per heavy atom. The van der Waals surface area contributed by atoms with Crippen molar-refractivity contribution >= 4 is 11.6 Å². The molecule has 138 valence electrons. The maximum absolute atomic E-state index is 12.5. The molecule has 0 bridgehead atoms. The second kappa shape index (κ2) is 9.04. The molecule has 0 aromatic heterocycles. The minimum atomic E-state index is -0.0291. The van der Waals surface area contributed by atoms with E-state index < -0.39 is 0 Å². The topological polar surface area (TPSA) is 32.3 Å². The van der Waals surface area contributed by atoms with E-state index in [1.54, 1.807) is 0 Å². The normalized spacial score (nSPS) is 10.6. The molecule has 1 amide bonds. The summed E-state index contributed by atoms with van der Waals surface area (Å²) in [5.74, 6) is 0.236. The van der Waals surface area contributed by atoms with Gasteiger partial charge in [-0.2, -0.15) is 0 Å². The molecular weight excluding hydrogens is 332 g/mol. The second-order valence-corrected chi connectivity index (χ2v) is 6.86. The summed E-state index contributed by atoms with van der Waals surface area (Å²) < 4.78 is 0. The number of hydrogen-bond acceptors (Lipinski definition) is 2. The lowest BCUT2D eigenvalue weighted by Gasteiger charge is -2.19. The first kappa shape index (κ1) is 18.7. The standard InChI is InChI=1S/C24H26N2O/c1-26(2)22-15-9-14-21(18-22)24(27)25-17-16-23(19-10-5-3-6-11-19)20-12-7-4-8-13-20/h3-15,18,23H,16-17H2,1-2H3,(H,25,27). The van der Waals surface area contributed by atoms with Gasteiger partial charge in [-0.3, -0.25) is 4.79 Å². The minimum Gasteiger partial charge on any atom is -0.378 e. The van der Waals surface area contributed by atoms with E-state index in [4.69, 9.17) is 0 Å². The molecule has 0 heterocycles. The first-order chi connectivity index (χ1) is 13.1. The minimum absolute atomic E-state index is 0.0291. The Kier molecular flexibility index (Phi) is 6.26. The average molecular weight is 358 g/mol. The fourth-order valence-corrected chi connectivity index (χ4v) is 3.25. The van der Waals surface area contributed by atoms with Crippen molar-refractivity contribution in [3.05, 3.63) is 102 Å². The van der Waals surface area contributed by atoms with Crippen molar-refractivity contribution in [3.63, 3.8) is 0 Å². The molecule has 27 heavy (non-hydrogen) atoms. The van der Waals surface area contributed by atoms with Gasteiger partial charge in [0.15, 0.2) is 0 Å². The Bertz CT molecular complexity index is 820. The molecular formula is C24H26N2O. The number of amides is 1. The summed E-state index contributed by atoms with van der Waals surface area (Å²) in [6, 6.07) is 28.6. The molecule has 3 aromatic carbocycles. The van der Waals surface area contributed by atoms with Crippen molar-refractivity contribution in [3.8, 4) is 0 Å². The van der Waals surface area contributed by atoms with Crippen LogP contribution in [0.5, 0.6) is 0 Å². The Morgan fingerprint density at radius 2 is 1.44 bits per heavy atom. The third-order valence-electron chi connectivity index (χ3n) is 4.75. The van der Waals surface area contributed by atoms with Gasteiger partial charge in [0, 0.05) is 37.8 Å². The zero-order valence-electron chi connectivity index (χ0n) is 15.9. The van der Waals surface area contributed by atoms with E-state index in [1.165, 1.54) is 11.1 Å². The van der Waals surface area contributed by atoms with Gasteiger partial charge in [0.05, 0.1) is 0 Å². The maximum Gasteiger partial charge on any atom is 0.251 e. The molecule has 0 spiro atoms. The van der Waals surface area contributed by atoms with Crippen LogP contribution in [0.3, 0.4) is 0 Å². The third kappa shape index (κ3) is 4.98. The Balaban J connectivity index is 1.68. The van der Waals surface area contributed by atoms with Gasteiger partial charge in [-0.15, -0.1) is 0 Å². The molecule has 1 N–H and O–H groups in total.